The maximum absolute atomic E-state index is 13.3. The molecule has 2 aromatic heterocycles. The minimum Gasteiger partial charge on any atom is -0.371 e. The first-order valence-corrected chi connectivity index (χ1v) is 11.6. The van der Waals surface area contributed by atoms with Gasteiger partial charge >= 0.3 is 0 Å². The molecule has 2 saturated carbocycles. The predicted octanol–water partition coefficient (Wildman–Crippen LogP) is 3.94. The number of amides is 1. The maximum Gasteiger partial charge on any atom is 0.260 e. The van der Waals surface area contributed by atoms with E-state index < -0.39 is 0 Å². The van der Waals surface area contributed by atoms with Crippen molar-refractivity contribution in [2.75, 3.05) is 18.9 Å². The maximum atomic E-state index is 13.3. The molecular formula is C24H34N4O2. The van der Waals surface area contributed by atoms with Crippen LogP contribution in [0.2, 0.25) is 0 Å². The molecule has 0 spiro atoms. The fraction of sp³-hybridized carbons (Fsp3) is 0.625. The summed E-state index contributed by atoms with van der Waals surface area (Å²) in [6.07, 6.45) is 13.8. The molecule has 2 fully saturated rings. The molecule has 30 heavy (non-hydrogen) atoms. The van der Waals surface area contributed by atoms with E-state index in [9.17, 15) is 9.59 Å². The third-order valence-electron chi connectivity index (χ3n) is 7.11. The van der Waals surface area contributed by atoms with Gasteiger partial charge in [0.05, 0.1) is 5.39 Å². The number of aromatic nitrogens is 2. The second-order valence-electron chi connectivity index (χ2n) is 9.13. The summed E-state index contributed by atoms with van der Waals surface area (Å²) in [5.41, 5.74) is 0.0643. The number of nitrogens with one attached hydrogen (secondary N) is 2. The van der Waals surface area contributed by atoms with Crippen molar-refractivity contribution in [3.63, 3.8) is 0 Å². The van der Waals surface area contributed by atoms with Gasteiger partial charge in [0.25, 0.3) is 5.56 Å². The van der Waals surface area contributed by atoms with Crippen LogP contribution in [0.4, 0.5) is 5.82 Å². The van der Waals surface area contributed by atoms with Crippen molar-refractivity contribution in [3.05, 3.63) is 34.9 Å². The minimum absolute atomic E-state index is 0.0643. The van der Waals surface area contributed by atoms with Crippen LogP contribution in [0.5, 0.6) is 0 Å². The van der Waals surface area contributed by atoms with Crippen molar-refractivity contribution in [3.8, 4) is 0 Å². The van der Waals surface area contributed by atoms with Gasteiger partial charge in [0.2, 0.25) is 5.91 Å². The molecule has 6 heteroatoms. The molecule has 0 aromatic carbocycles. The Morgan fingerprint density at radius 2 is 1.87 bits per heavy atom. The van der Waals surface area contributed by atoms with E-state index in [1.54, 1.807) is 19.4 Å². The summed E-state index contributed by atoms with van der Waals surface area (Å²) >= 11 is 0. The topological polar surface area (TPSA) is 76.0 Å². The SMILES string of the molecule is CNC(=O)C1CCC(Cn2c(NCC3CCCCC3)cc3cnccc3c2=O)CC1. The third-order valence-corrected chi connectivity index (χ3v) is 7.11. The molecule has 0 saturated heterocycles. The van der Waals surface area contributed by atoms with E-state index in [-0.39, 0.29) is 17.4 Å². The van der Waals surface area contributed by atoms with Gasteiger partial charge in [-0.2, -0.15) is 0 Å². The van der Waals surface area contributed by atoms with Crippen LogP contribution in [-0.4, -0.2) is 29.1 Å². The Morgan fingerprint density at radius 3 is 2.60 bits per heavy atom. The van der Waals surface area contributed by atoms with Crippen molar-refractivity contribution in [1.82, 2.24) is 14.9 Å². The van der Waals surface area contributed by atoms with Crippen molar-refractivity contribution in [1.29, 1.82) is 0 Å². The van der Waals surface area contributed by atoms with E-state index in [0.717, 1.165) is 48.8 Å². The summed E-state index contributed by atoms with van der Waals surface area (Å²) in [5.74, 6) is 2.31. The average Bonchev–Trinajstić information content (AvgIpc) is 2.80. The fourth-order valence-corrected chi connectivity index (χ4v) is 5.23. The number of carbonyl (C=O) groups is 1. The minimum atomic E-state index is 0.0643. The van der Waals surface area contributed by atoms with Crippen LogP contribution in [0.25, 0.3) is 10.8 Å². The van der Waals surface area contributed by atoms with Crippen molar-refractivity contribution in [2.45, 2.75) is 64.3 Å². The van der Waals surface area contributed by atoms with Crippen LogP contribution in [0.3, 0.4) is 0 Å². The normalized spacial score (nSPS) is 22.7. The molecule has 2 N–H and O–H groups in total. The number of fused-ring (bicyclic) bond motifs is 1. The van der Waals surface area contributed by atoms with Gasteiger partial charge in [-0.15, -0.1) is 0 Å². The number of hydrogen-bond donors (Lipinski definition) is 2. The number of rotatable bonds is 6. The van der Waals surface area contributed by atoms with E-state index in [1.165, 1.54) is 32.1 Å². The van der Waals surface area contributed by atoms with Gasteiger partial charge in [-0.3, -0.25) is 19.1 Å². The molecule has 6 nitrogen and oxygen atoms in total. The van der Waals surface area contributed by atoms with E-state index in [1.807, 2.05) is 10.6 Å². The molecule has 0 bridgehead atoms. The smallest absolute Gasteiger partial charge is 0.260 e. The highest BCUT2D eigenvalue weighted by molar-refractivity contribution is 5.83. The lowest BCUT2D eigenvalue weighted by Crippen LogP contribution is -2.33. The standard InChI is InChI=1S/C24H34N4O2/c1-25-23(29)19-9-7-18(8-10-19)16-28-22(27-14-17-5-3-2-4-6-17)13-20-15-26-12-11-21(20)24(28)30/h11-13,15,17-19,27H,2-10,14,16H2,1H3,(H,25,29). The zero-order valence-corrected chi connectivity index (χ0v) is 18.0. The molecule has 4 rings (SSSR count). The first-order valence-electron chi connectivity index (χ1n) is 11.6. The summed E-state index contributed by atoms with van der Waals surface area (Å²) in [7, 11) is 1.71. The predicted molar refractivity (Wildman–Crippen MR) is 121 cm³/mol. The summed E-state index contributed by atoms with van der Waals surface area (Å²) in [6.45, 7) is 1.64. The van der Waals surface area contributed by atoms with Crippen molar-refractivity contribution in [2.24, 2.45) is 17.8 Å². The molecular weight excluding hydrogens is 376 g/mol. The van der Waals surface area contributed by atoms with Gasteiger partial charge in [-0.05, 0) is 62.5 Å². The molecule has 2 heterocycles. The lowest BCUT2D eigenvalue weighted by Gasteiger charge is -2.29. The molecule has 0 radical (unpaired) electrons. The van der Waals surface area contributed by atoms with Crippen LogP contribution in [0, 0.1) is 17.8 Å². The van der Waals surface area contributed by atoms with Gasteiger partial charge < -0.3 is 10.6 Å². The van der Waals surface area contributed by atoms with Gasteiger partial charge in [-0.25, -0.2) is 0 Å². The molecule has 2 aliphatic carbocycles. The molecule has 2 aromatic rings. The summed E-state index contributed by atoms with van der Waals surface area (Å²) in [4.78, 5) is 29.5. The second-order valence-corrected chi connectivity index (χ2v) is 9.13. The second kappa shape index (κ2) is 9.63. The quantitative estimate of drug-likeness (QED) is 0.756. The summed E-state index contributed by atoms with van der Waals surface area (Å²) < 4.78 is 1.94. The Hall–Kier alpha value is -2.37. The van der Waals surface area contributed by atoms with Gasteiger partial charge in [-0.1, -0.05) is 19.3 Å². The third kappa shape index (κ3) is 4.68. The van der Waals surface area contributed by atoms with E-state index in [0.29, 0.717) is 18.4 Å². The molecule has 1 amide bonds. The molecule has 162 valence electrons. The zero-order chi connectivity index (χ0) is 20.9. The number of carbonyl (C=O) groups excluding carboxylic acids is 1. The van der Waals surface area contributed by atoms with Crippen LogP contribution in [-0.2, 0) is 11.3 Å². The first-order chi connectivity index (χ1) is 14.7. The number of anilines is 1. The average molecular weight is 411 g/mol. The van der Waals surface area contributed by atoms with E-state index in [2.05, 4.69) is 21.7 Å². The Labute approximate surface area is 178 Å². The summed E-state index contributed by atoms with van der Waals surface area (Å²) in [5, 5.41) is 8.01. The Balaban J connectivity index is 1.53. The largest absolute Gasteiger partial charge is 0.371 e. The molecule has 0 atom stereocenters. The number of pyridine rings is 2. The van der Waals surface area contributed by atoms with Crippen LogP contribution < -0.4 is 16.2 Å². The number of hydrogen-bond acceptors (Lipinski definition) is 4. The summed E-state index contributed by atoms with van der Waals surface area (Å²) in [6, 6.07) is 3.91. The van der Waals surface area contributed by atoms with Crippen LogP contribution >= 0.6 is 0 Å². The van der Waals surface area contributed by atoms with Crippen molar-refractivity contribution < 1.29 is 4.79 Å². The lowest BCUT2D eigenvalue weighted by molar-refractivity contribution is -0.125. The first kappa shape index (κ1) is 20.9. The van der Waals surface area contributed by atoms with Crippen LogP contribution in [0.1, 0.15) is 57.8 Å². The lowest BCUT2D eigenvalue weighted by atomic mass is 9.81. The zero-order valence-electron chi connectivity index (χ0n) is 18.0. The number of nitrogens with zero attached hydrogens (tertiary/aromatic N) is 2. The Morgan fingerprint density at radius 1 is 1.10 bits per heavy atom. The van der Waals surface area contributed by atoms with Crippen molar-refractivity contribution >= 4 is 22.5 Å². The Bertz CT molecular complexity index is 924. The highest BCUT2D eigenvalue weighted by atomic mass is 16.1. The molecule has 0 unspecified atom stereocenters. The Kier molecular flexibility index (Phi) is 6.70. The van der Waals surface area contributed by atoms with E-state index >= 15 is 0 Å². The molecule has 0 aliphatic heterocycles. The van der Waals surface area contributed by atoms with Gasteiger partial charge in [0.1, 0.15) is 5.82 Å². The highest BCUT2D eigenvalue weighted by Crippen LogP contribution is 2.31. The molecule has 2 aliphatic rings. The monoisotopic (exact) mass is 410 g/mol. The fourth-order valence-electron chi connectivity index (χ4n) is 5.23. The van der Waals surface area contributed by atoms with Gasteiger partial charge in [0.15, 0.2) is 0 Å². The van der Waals surface area contributed by atoms with E-state index in [4.69, 9.17) is 0 Å². The highest BCUT2D eigenvalue weighted by Gasteiger charge is 2.26. The van der Waals surface area contributed by atoms with Crippen LogP contribution in [0.15, 0.2) is 29.3 Å². The van der Waals surface area contributed by atoms with Gasteiger partial charge in [0, 0.05) is 43.8 Å².